The highest BCUT2D eigenvalue weighted by molar-refractivity contribution is 5.92. The van der Waals surface area contributed by atoms with Crippen molar-refractivity contribution in [1.82, 2.24) is 19.7 Å². The van der Waals surface area contributed by atoms with Crippen LogP contribution in [-0.4, -0.2) is 25.7 Å². The summed E-state index contributed by atoms with van der Waals surface area (Å²) in [5, 5.41) is 7.56. The largest absolute Gasteiger partial charge is 0.463 e. The number of H-pyrrole nitrogens is 1. The molecule has 1 saturated carbocycles. The molecule has 5 rings (SSSR count). The number of furan rings is 1. The zero-order valence-electron chi connectivity index (χ0n) is 16.1. The van der Waals surface area contributed by atoms with Gasteiger partial charge in [0.15, 0.2) is 5.76 Å². The fourth-order valence-corrected chi connectivity index (χ4v) is 4.28. The molecule has 0 saturated heterocycles. The van der Waals surface area contributed by atoms with E-state index in [4.69, 9.17) is 4.42 Å². The normalized spacial score (nSPS) is 16.7. The van der Waals surface area contributed by atoms with Crippen molar-refractivity contribution in [3.05, 3.63) is 46.1 Å². The monoisotopic (exact) mass is 393 g/mol. The second kappa shape index (κ2) is 7.35. The summed E-state index contributed by atoms with van der Waals surface area (Å²) in [4.78, 5) is 32.8. The molecule has 8 heteroatoms. The first kappa shape index (κ1) is 17.9. The number of carbonyl (C=O) groups is 1. The number of amides is 1. The van der Waals surface area contributed by atoms with Crippen LogP contribution in [0.25, 0.3) is 17.4 Å². The maximum absolute atomic E-state index is 12.7. The van der Waals surface area contributed by atoms with Gasteiger partial charge >= 0.3 is 0 Å². The van der Waals surface area contributed by atoms with Gasteiger partial charge in [0.2, 0.25) is 11.9 Å². The molecule has 0 radical (unpaired) electrons. The molecule has 3 heterocycles. The van der Waals surface area contributed by atoms with Gasteiger partial charge in [-0.15, -0.1) is 0 Å². The summed E-state index contributed by atoms with van der Waals surface area (Å²) in [6.07, 6.45) is 9.09. The third-order valence-corrected chi connectivity index (χ3v) is 5.84. The predicted octanol–water partition coefficient (Wildman–Crippen LogP) is 3.22. The van der Waals surface area contributed by atoms with Gasteiger partial charge in [0.05, 0.1) is 12.0 Å². The number of nitrogens with one attached hydrogen (secondary N) is 2. The first-order valence-corrected chi connectivity index (χ1v) is 10.3. The maximum atomic E-state index is 12.7. The fraction of sp³-hybridized carbons (Fsp3) is 0.429. The van der Waals surface area contributed by atoms with E-state index in [1.807, 2.05) is 0 Å². The van der Waals surface area contributed by atoms with Crippen LogP contribution >= 0.6 is 0 Å². The van der Waals surface area contributed by atoms with Crippen molar-refractivity contribution in [3.63, 3.8) is 0 Å². The van der Waals surface area contributed by atoms with Crippen molar-refractivity contribution in [2.75, 3.05) is 5.32 Å². The Morgan fingerprint density at radius 3 is 2.83 bits per heavy atom. The Morgan fingerprint density at radius 2 is 2.03 bits per heavy atom. The average Bonchev–Trinajstić information content (AvgIpc) is 3.48. The fourth-order valence-electron chi connectivity index (χ4n) is 4.28. The number of aromatic amines is 1. The molecule has 0 bridgehead atoms. The molecular formula is C21H23N5O3. The van der Waals surface area contributed by atoms with Crippen LogP contribution < -0.4 is 10.9 Å². The van der Waals surface area contributed by atoms with Crippen LogP contribution in [0.15, 0.2) is 33.7 Å². The molecule has 0 unspecified atom stereocenters. The summed E-state index contributed by atoms with van der Waals surface area (Å²) in [6, 6.07) is 5.34. The second-order valence-electron chi connectivity index (χ2n) is 7.80. The van der Waals surface area contributed by atoms with E-state index in [1.165, 1.54) is 4.68 Å². The van der Waals surface area contributed by atoms with Gasteiger partial charge in [0, 0.05) is 17.5 Å². The zero-order chi connectivity index (χ0) is 19.8. The molecule has 1 amide bonds. The van der Waals surface area contributed by atoms with Gasteiger partial charge in [-0.2, -0.15) is 9.78 Å². The number of hydrogen-bond acceptors (Lipinski definition) is 5. The van der Waals surface area contributed by atoms with Gasteiger partial charge < -0.3 is 9.73 Å². The summed E-state index contributed by atoms with van der Waals surface area (Å²) in [5.41, 5.74) is 2.01. The van der Waals surface area contributed by atoms with Gasteiger partial charge in [0.25, 0.3) is 5.56 Å². The molecule has 2 aliphatic rings. The first-order chi connectivity index (χ1) is 14.2. The number of aromatic nitrogens is 4. The Kier molecular flexibility index (Phi) is 4.54. The molecule has 0 spiro atoms. The first-order valence-electron chi connectivity index (χ1n) is 10.3. The predicted molar refractivity (Wildman–Crippen MR) is 107 cm³/mol. The van der Waals surface area contributed by atoms with Crippen LogP contribution in [-0.2, 0) is 17.6 Å². The van der Waals surface area contributed by atoms with E-state index in [0.717, 1.165) is 62.6 Å². The number of rotatable bonds is 4. The van der Waals surface area contributed by atoms with Crippen LogP contribution in [0.3, 0.4) is 0 Å². The Bertz CT molecular complexity index is 1090. The standard InChI is InChI=1S/C21H23N5O3/c27-19(13-6-1-2-7-13)23-18-12-16(17-10-5-11-29-17)25-26(18)21-22-15-9-4-3-8-14(15)20(28)24-21/h5,10-13H,1-4,6-9H2,(H,23,27)(H,22,24,28). The van der Waals surface area contributed by atoms with E-state index in [2.05, 4.69) is 20.4 Å². The lowest BCUT2D eigenvalue weighted by Gasteiger charge is -2.16. The molecule has 0 aliphatic heterocycles. The highest BCUT2D eigenvalue weighted by atomic mass is 16.3. The van der Waals surface area contributed by atoms with E-state index in [9.17, 15) is 9.59 Å². The maximum Gasteiger partial charge on any atom is 0.255 e. The number of carbonyl (C=O) groups excluding carboxylic acids is 1. The molecule has 8 nitrogen and oxygen atoms in total. The van der Waals surface area contributed by atoms with Crippen molar-refractivity contribution >= 4 is 11.7 Å². The molecule has 2 N–H and O–H groups in total. The number of anilines is 1. The van der Waals surface area contributed by atoms with Gasteiger partial charge in [-0.25, -0.2) is 4.98 Å². The number of fused-ring (bicyclic) bond motifs is 1. The van der Waals surface area contributed by atoms with Crippen LogP contribution in [0.4, 0.5) is 5.82 Å². The molecule has 29 heavy (non-hydrogen) atoms. The molecule has 3 aromatic rings. The molecule has 3 aromatic heterocycles. The number of nitrogens with zero attached hydrogens (tertiary/aromatic N) is 3. The Hall–Kier alpha value is -3.16. The quantitative estimate of drug-likeness (QED) is 0.708. The van der Waals surface area contributed by atoms with Crippen LogP contribution in [0.2, 0.25) is 0 Å². The topological polar surface area (TPSA) is 106 Å². The van der Waals surface area contributed by atoms with Crippen molar-refractivity contribution in [3.8, 4) is 17.4 Å². The Balaban J connectivity index is 1.56. The van der Waals surface area contributed by atoms with Gasteiger partial charge in [-0.1, -0.05) is 12.8 Å². The summed E-state index contributed by atoms with van der Waals surface area (Å²) >= 11 is 0. The Morgan fingerprint density at radius 1 is 1.21 bits per heavy atom. The minimum Gasteiger partial charge on any atom is -0.463 e. The van der Waals surface area contributed by atoms with Gasteiger partial charge in [0.1, 0.15) is 11.5 Å². The van der Waals surface area contributed by atoms with E-state index in [0.29, 0.717) is 23.2 Å². The lowest BCUT2D eigenvalue weighted by Crippen LogP contribution is -2.26. The number of aryl methyl sites for hydroxylation is 1. The summed E-state index contributed by atoms with van der Waals surface area (Å²) in [5.74, 6) is 1.37. The van der Waals surface area contributed by atoms with E-state index >= 15 is 0 Å². The zero-order valence-corrected chi connectivity index (χ0v) is 16.1. The lowest BCUT2D eigenvalue weighted by molar-refractivity contribution is -0.119. The molecule has 2 aliphatic carbocycles. The molecular weight excluding hydrogens is 370 g/mol. The van der Waals surface area contributed by atoms with E-state index in [-0.39, 0.29) is 17.4 Å². The smallest absolute Gasteiger partial charge is 0.255 e. The molecule has 1 fully saturated rings. The number of hydrogen-bond donors (Lipinski definition) is 2. The average molecular weight is 393 g/mol. The third-order valence-electron chi connectivity index (χ3n) is 5.84. The van der Waals surface area contributed by atoms with E-state index < -0.39 is 0 Å². The van der Waals surface area contributed by atoms with Gasteiger partial charge in [-0.05, 0) is 50.7 Å². The van der Waals surface area contributed by atoms with Crippen molar-refractivity contribution in [2.24, 2.45) is 5.92 Å². The lowest BCUT2D eigenvalue weighted by atomic mass is 9.97. The second-order valence-corrected chi connectivity index (χ2v) is 7.80. The van der Waals surface area contributed by atoms with Crippen molar-refractivity contribution < 1.29 is 9.21 Å². The summed E-state index contributed by atoms with van der Waals surface area (Å²) < 4.78 is 6.96. The van der Waals surface area contributed by atoms with Crippen molar-refractivity contribution in [1.29, 1.82) is 0 Å². The van der Waals surface area contributed by atoms with Crippen LogP contribution in [0.5, 0.6) is 0 Å². The third kappa shape index (κ3) is 3.39. The molecule has 0 atom stereocenters. The van der Waals surface area contributed by atoms with Gasteiger partial charge in [-0.3, -0.25) is 14.6 Å². The SMILES string of the molecule is O=C(Nc1cc(-c2ccco2)nn1-c1nc2c(c(=O)[nH]1)CCCC2)C1CCCC1. The Labute approximate surface area is 167 Å². The van der Waals surface area contributed by atoms with E-state index in [1.54, 1.807) is 24.5 Å². The van der Waals surface area contributed by atoms with Crippen LogP contribution in [0.1, 0.15) is 49.8 Å². The summed E-state index contributed by atoms with van der Waals surface area (Å²) in [7, 11) is 0. The minimum atomic E-state index is -0.132. The minimum absolute atomic E-state index is 0.0148. The van der Waals surface area contributed by atoms with Crippen molar-refractivity contribution in [2.45, 2.75) is 51.4 Å². The highest BCUT2D eigenvalue weighted by Crippen LogP contribution is 2.28. The summed E-state index contributed by atoms with van der Waals surface area (Å²) in [6.45, 7) is 0. The highest BCUT2D eigenvalue weighted by Gasteiger charge is 2.25. The molecule has 150 valence electrons. The molecule has 0 aromatic carbocycles. The van der Waals surface area contributed by atoms with Crippen LogP contribution in [0, 0.1) is 5.92 Å².